The van der Waals surface area contributed by atoms with E-state index < -0.39 is 8.07 Å². The van der Waals surface area contributed by atoms with Crippen LogP contribution in [0.5, 0.6) is 0 Å². The van der Waals surface area contributed by atoms with Crippen LogP contribution < -0.4 is 0 Å². The third kappa shape index (κ3) is 17.7. The molecule has 460 valence electrons. The van der Waals surface area contributed by atoms with Crippen molar-refractivity contribution in [3.63, 3.8) is 0 Å². The van der Waals surface area contributed by atoms with Crippen molar-refractivity contribution >= 4 is 42.4 Å². The van der Waals surface area contributed by atoms with Gasteiger partial charge in [0.05, 0.1) is 19.3 Å². The first-order valence-corrected chi connectivity index (χ1v) is 38.1. The number of benzene rings is 9. The second-order valence-corrected chi connectivity index (χ2v) is 33.4. The van der Waals surface area contributed by atoms with Crippen molar-refractivity contribution in [3.05, 3.63) is 285 Å². The molecule has 0 amide bonds. The number of unbranched alkanes of at least 4 members (excludes halogenated alkanes) is 6. The van der Waals surface area contributed by atoms with Crippen molar-refractivity contribution in [2.45, 2.75) is 166 Å². The molecule has 12 rings (SSSR count). The van der Waals surface area contributed by atoms with Gasteiger partial charge in [-0.15, -0.1) is 24.8 Å². The molecule has 0 heterocycles. The first-order valence-electron chi connectivity index (χ1n) is 32.8. The lowest BCUT2D eigenvalue weighted by Crippen LogP contribution is -2.45. The van der Waals surface area contributed by atoms with Crippen molar-refractivity contribution in [2.75, 3.05) is 13.2 Å². The molecule has 0 saturated carbocycles. The molecule has 0 spiro atoms. The molecule has 0 radical (unpaired) electrons. The smallest absolute Gasteiger partial charge is 0.0761 e. The summed E-state index contributed by atoms with van der Waals surface area (Å²) >= 11 is 0. The van der Waals surface area contributed by atoms with Crippen LogP contribution in [-0.4, -0.2) is 42.0 Å². The van der Waals surface area contributed by atoms with Gasteiger partial charge in [0.1, 0.15) is 0 Å². The molecule has 0 aliphatic heterocycles. The van der Waals surface area contributed by atoms with Crippen LogP contribution in [0.15, 0.2) is 218 Å². The van der Waals surface area contributed by atoms with Crippen LogP contribution in [0.1, 0.15) is 171 Å². The zero-order valence-electron chi connectivity index (χ0n) is 54.1. The van der Waals surface area contributed by atoms with Gasteiger partial charge in [-0.2, -0.15) is 0 Å². The van der Waals surface area contributed by atoms with Gasteiger partial charge in [-0.1, -0.05) is 282 Å². The molecule has 3 aliphatic rings. The number of hydrogen-bond acceptors (Lipinski definition) is 2. The van der Waals surface area contributed by atoms with Gasteiger partial charge in [0.15, 0.2) is 0 Å². The van der Waals surface area contributed by atoms with Gasteiger partial charge in [-0.3, -0.25) is 0 Å². The highest BCUT2D eigenvalue weighted by Gasteiger charge is 2.52. The minimum absolute atomic E-state index is 0. The van der Waals surface area contributed by atoms with Gasteiger partial charge >= 0.3 is 0 Å². The highest BCUT2D eigenvalue weighted by Crippen LogP contribution is 2.59. The normalized spacial score (nSPS) is 14.7. The Morgan fingerprint density at radius 3 is 1.18 bits per heavy atom. The quantitative estimate of drug-likeness (QED) is 0.0497. The predicted molar refractivity (Wildman–Crippen MR) is 388 cm³/mol. The molecule has 88 heavy (non-hydrogen) atoms. The molecule has 0 N–H and O–H groups in total. The van der Waals surface area contributed by atoms with E-state index in [1.165, 1.54) is 135 Å². The molecule has 6 heteroatoms. The van der Waals surface area contributed by atoms with Crippen LogP contribution in [0.3, 0.4) is 0 Å². The SMILES string of the molecule is CC(C)(C)OCCCCCC[Si](C)(C1c2ccccc2-c2ccc(Cc3ccccc3)cc21)C1c2ccccc2-c2ccc(Cc3ccccc3)cc21.C[SiH2]CCCCCCOC(C)(C)C.Cl.Cl.c1ccc(Cc2ccc3c(c2)Cc2ccccc2-3)cc1. The Morgan fingerprint density at radius 1 is 0.364 bits per heavy atom. The molecule has 2 nitrogen and oxygen atoms in total. The highest BCUT2D eigenvalue weighted by molar-refractivity contribution is 6.83. The van der Waals surface area contributed by atoms with Crippen LogP contribution in [0.25, 0.3) is 33.4 Å². The highest BCUT2D eigenvalue weighted by atomic mass is 35.5. The summed E-state index contributed by atoms with van der Waals surface area (Å²) in [6.45, 7) is 19.8. The summed E-state index contributed by atoms with van der Waals surface area (Å²) in [5.74, 6) is 0. The first kappa shape index (κ1) is 67.8. The number of rotatable bonds is 22. The monoisotopic (exact) mass is 1240 g/mol. The molecule has 9 aromatic carbocycles. The molecule has 9 aromatic rings. The van der Waals surface area contributed by atoms with Gasteiger partial charge < -0.3 is 9.47 Å². The van der Waals surface area contributed by atoms with E-state index in [0.717, 1.165) is 45.3 Å². The fourth-order valence-electron chi connectivity index (χ4n) is 14.0. The van der Waals surface area contributed by atoms with Crippen molar-refractivity contribution in [1.29, 1.82) is 0 Å². The Balaban J connectivity index is 0.000000234. The van der Waals surface area contributed by atoms with E-state index in [-0.39, 0.29) is 36.0 Å². The molecular formula is C82H98Cl2O2Si2. The summed E-state index contributed by atoms with van der Waals surface area (Å²) in [5.41, 5.74) is 27.0. The zero-order valence-corrected chi connectivity index (χ0v) is 58.1. The zero-order chi connectivity index (χ0) is 59.9. The van der Waals surface area contributed by atoms with Crippen molar-refractivity contribution < 1.29 is 9.47 Å². The summed E-state index contributed by atoms with van der Waals surface area (Å²) in [5, 5.41) is 0. The molecular weight excluding hydrogens is 1140 g/mol. The topological polar surface area (TPSA) is 18.5 Å². The standard InChI is InChI=1S/C51H54OSi.C20H16.C11H26OSi.2ClH/c1-51(2,3)52-31-17-5-6-18-32-53(4,49-45-25-15-13-23-41(45)43-29-27-39(35-47(43)49)33-37-19-9-7-10-20-37)50-46-26-16-14-24-42(46)44-30-28-40(36-48(44)50)34-38-21-11-8-12-22-38;1-2-6-15(7-3-1)12-16-10-11-20-18(13-16)14-17-8-4-5-9-19(17)20;1-11(2,3)12-9-7-5-6-8-10-13-4;;/h7-16,19-30,35-36,49-50H,5-6,17-18,31-34H2,1-4H3;1-11,13H,12,14H2;5-10,13H2,1-4H3;2*1H. The Kier molecular flexibility index (Phi) is 24.7. The van der Waals surface area contributed by atoms with Gasteiger partial charge in [0.25, 0.3) is 0 Å². The second-order valence-electron chi connectivity index (χ2n) is 27.1. The summed E-state index contributed by atoms with van der Waals surface area (Å²) in [7, 11) is -1.93. The molecule has 2 unspecified atom stereocenters. The molecule has 0 bridgehead atoms. The minimum Gasteiger partial charge on any atom is -0.376 e. The van der Waals surface area contributed by atoms with Crippen molar-refractivity contribution in [3.8, 4) is 33.4 Å². The van der Waals surface area contributed by atoms with Crippen LogP contribution in [0.2, 0.25) is 25.2 Å². The first-order chi connectivity index (χ1) is 41.7. The Morgan fingerprint density at radius 2 is 0.727 bits per heavy atom. The maximum Gasteiger partial charge on any atom is 0.0761 e. The number of ether oxygens (including phenoxy) is 2. The van der Waals surface area contributed by atoms with E-state index in [2.05, 4.69) is 273 Å². The van der Waals surface area contributed by atoms with E-state index in [4.69, 9.17) is 9.47 Å². The van der Waals surface area contributed by atoms with Gasteiger partial charge in [0, 0.05) is 33.8 Å². The average molecular weight is 1240 g/mol. The van der Waals surface area contributed by atoms with Gasteiger partial charge in [-0.05, 0) is 180 Å². The van der Waals surface area contributed by atoms with E-state index >= 15 is 0 Å². The molecule has 0 fully saturated rings. The van der Waals surface area contributed by atoms with Crippen LogP contribution >= 0.6 is 24.8 Å². The predicted octanol–water partition coefficient (Wildman–Crippen LogP) is 22.0. The Hall–Kier alpha value is -6.09. The second kappa shape index (κ2) is 32.1. The van der Waals surface area contributed by atoms with E-state index in [1.54, 1.807) is 22.3 Å². The maximum atomic E-state index is 6.11. The van der Waals surface area contributed by atoms with Gasteiger partial charge in [-0.25, -0.2) is 0 Å². The van der Waals surface area contributed by atoms with E-state index in [1.807, 2.05) is 0 Å². The van der Waals surface area contributed by atoms with E-state index in [9.17, 15) is 0 Å². The fraction of sp³-hybridized carbons (Fsp3) is 0.341. The third-order valence-electron chi connectivity index (χ3n) is 18.1. The summed E-state index contributed by atoms with van der Waals surface area (Å²) in [6, 6.07) is 84.9. The number of hydrogen-bond donors (Lipinski definition) is 0. The lowest BCUT2D eigenvalue weighted by molar-refractivity contribution is -0.00508. The number of halogens is 2. The average Bonchev–Trinajstić information content (AvgIpc) is 1.55. The van der Waals surface area contributed by atoms with Gasteiger partial charge in [0.2, 0.25) is 0 Å². The molecule has 0 saturated heterocycles. The van der Waals surface area contributed by atoms with Crippen LogP contribution in [0, 0.1) is 0 Å². The number of fused-ring (bicyclic) bond motifs is 9. The van der Waals surface area contributed by atoms with E-state index in [0.29, 0.717) is 20.6 Å². The largest absolute Gasteiger partial charge is 0.376 e. The maximum absolute atomic E-state index is 6.11. The molecule has 0 aromatic heterocycles. The Labute approximate surface area is 546 Å². The lowest BCUT2D eigenvalue weighted by atomic mass is 9.99. The minimum atomic E-state index is -2.25. The fourth-order valence-corrected chi connectivity index (χ4v) is 20.6. The summed E-state index contributed by atoms with van der Waals surface area (Å²) < 4.78 is 11.8. The summed E-state index contributed by atoms with van der Waals surface area (Å²) in [6.07, 6.45) is 14.3. The van der Waals surface area contributed by atoms with Crippen molar-refractivity contribution in [2.24, 2.45) is 0 Å². The Bertz CT molecular complexity index is 3460. The lowest BCUT2D eigenvalue weighted by Gasteiger charge is -2.42. The van der Waals surface area contributed by atoms with Crippen LogP contribution in [0.4, 0.5) is 0 Å². The van der Waals surface area contributed by atoms with Crippen LogP contribution in [-0.2, 0) is 35.2 Å². The van der Waals surface area contributed by atoms with Crippen molar-refractivity contribution in [1.82, 2.24) is 0 Å². The molecule has 3 aliphatic carbocycles. The molecule has 2 atom stereocenters. The third-order valence-corrected chi connectivity index (χ3v) is 24.6. The summed E-state index contributed by atoms with van der Waals surface area (Å²) in [4.78, 5) is 0.